The molecule has 1 saturated heterocycles. The van der Waals surface area contributed by atoms with Crippen molar-refractivity contribution in [2.24, 2.45) is 0 Å². The number of carbonyl (C=O) groups is 1. The van der Waals surface area contributed by atoms with Gasteiger partial charge in [0.2, 0.25) is 0 Å². The number of carbonyl (C=O) groups excluding carboxylic acids is 1. The first kappa shape index (κ1) is 18.2. The number of anilines is 1. The molecule has 11 heteroatoms. The van der Waals surface area contributed by atoms with Gasteiger partial charge in [0.1, 0.15) is 30.0 Å². The molecule has 4 atom stereocenters. The second-order valence-corrected chi connectivity index (χ2v) is 6.02. The minimum atomic E-state index is -1.75. The first-order chi connectivity index (χ1) is 12.3. The summed E-state index contributed by atoms with van der Waals surface area (Å²) in [6.07, 6.45) is 0.248. The van der Waals surface area contributed by atoms with Crippen LogP contribution in [0.4, 0.5) is 5.82 Å². The molecule has 0 amide bonds. The van der Waals surface area contributed by atoms with Gasteiger partial charge in [-0.3, -0.25) is 0 Å². The van der Waals surface area contributed by atoms with Gasteiger partial charge in [-0.1, -0.05) is 0 Å². The monoisotopic (exact) mass is 365 g/mol. The molecule has 0 radical (unpaired) electrons. The average molecular weight is 365 g/mol. The summed E-state index contributed by atoms with van der Waals surface area (Å²) < 4.78 is 11.4. The van der Waals surface area contributed by atoms with Gasteiger partial charge < -0.3 is 30.5 Å². The van der Waals surface area contributed by atoms with Gasteiger partial charge in [-0.25, -0.2) is 19.4 Å². The highest BCUT2D eigenvalue weighted by atomic mass is 16.6. The van der Waals surface area contributed by atoms with E-state index in [2.05, 4.69) is 19.8 Å². The van der Waals surface area contributed by atoms with Gasteiger partial charge in [0, 0.05) is 6.08 Å². The average Bonchev–Trinajstić information content (AvgIpc) is 3.09. The third-order valence-corrected chi connectivity index (χ3v) is 4.28. The molecule has 3 rings (SSSR count). The first-order valence-electron chi connectivity index (χ1n) is 7.72. The number of methoxy groups -OCH3 is 1. The normalized spacial score (nSPS) is 28.9. The number of esters is 1. The maximum Gasteiger partial charge on any atom is 0.330 e. The van der Waals surface area contributed by atoms with Crippen molar-refractivity contribution in [3.63, 3.8) is 0 Å². The zero-order chi connectivity index (χ0) is 19.1. The van der Waals surface area contributed by atoms with E-state index in [4.69, 9.17) is 10.5 Å². The van der Waals surface area contributed by atoms with Crippen LogP contribution in [-0.4, -0.2) is 72.6 Å². The van der Waals surface area contributed by atoms with E-state index in [9.17, 15) is 20.1 Å². The van der Waals surface area contributed by atoms with E-state index in [-0.39, 0.29) is 17.2 Å². The Morgan fingerprint density at radius 2 is 2.27 bits per heavy atom. The Labute approximate surface area is 147 Å². The molecule has 0 aliphatic carbocycles. The standard InChI is InChI=1S/C15H19N5O6/c1-15(24)11(23)8(5-21)26-14(15)20-13-10(12(16)17-6-18-13)7(19-20)3-4-9(22)25-2/h3-4,6,8,11,14,21,23-24H,5H2,1-2H3,(H2,16,17,18)/t8-,11-,14?,15-/m1/s1. The van der Waals surface area contributed by atoms with Crippen molar-refractivity contribution in [3.8, 4) is 0 Å². The molecule has 140 valence electrons. The number of hydrogen-bond donors (Lipinski definition) is 4. The molecule has 0 spiro atoms. The lowest BCUT2D eigenvalue weighted by atomic mass is 9.97. The van der Waals surface area contributed by atoms with Crippen molar-refractivity contribution in [1.29, 1.82) is 0 Å². The summed E-state index contributed by atoms with van der Waals surface area (Å²) in [5.41, 5.74) is 4.64. The lowest BCUT2D eigenvalue weighted by Crippen LogP contribution is -2.44. The van der Waals surface area contributed by atoms with E-state index >= 15 is 0 Å². The predicted molar refractivity (Wildman–Crippen MR) is 88.4 cm³/mol. The fourth-order valence-corrected chi connectivity index (χ4v) is 2.87. The molecule has 1 aliphatic heterocycles. The molecule has 1 fully saturated rings. The molecule has 1 aliphatic rings. The number of rotatable bonds is 4. The molecular formula is C15H19N5O6. The third-order valence-electron chi connectivity index (χ3n) is 4.28. The SMILES string of the molecule is COC(=O)C=Cc1nn(C2O[C@H](CO)[C@@H](O)[C@@]2(C)O)c2ncnc(N)c12. The summed E-state index contributed by atoms with van der Waals surface area (Å²) in [4.78, 5) is 19.4. The summed E-state index contributed by atoms with van der Waals surface area (Å²) >= 11 is 0. The van der Waals surface area contributed by atoms with Gasteiger partial charge in [-0.2, -0.15) is 5.10 Å². The van der Waals surface area contributed by atoms with Gasteiger partial charge in [-0.05, 0) is 13.0 Å². The zero-order valence-electron chi connectivity index (χ0n) is 14.1. The van der Waals surface area contributed by atoms with Crippen LogP contribution in [0.25, 0.3) is 17.1 Å². The largest absolute Gasteiger partial charge is 0.466 e. The molecule has 0 bridgehead atoms. The number of aliphatic hydroxyl groups is 3. The van der Waals surface area contributed by atoms with Gasteiger partial charge in [0.25, 0.3) is 0 Å². The summed E-state index contributed by atoms with van der Waals surface area (Å²) in [5, 5.41) is 34.8. The number of ether oxygens (including phenoxy) is 2. The summed E-state index contributed by atoms with van der Waals surface area (Å²) in [6, 6.07) is 0. The maximum absolute atomic E-state index is 11.4. The lowest BCUT2D eigenvalue weighted by Gasteiger charge is -2.26. The molecule has 0 aromatic carbocycles. The fourth-order valence-electron chi connectivity index (χ4n) is 2.87. The van der Waals surface area contributed by atoms with Crippen molar-refractivity contribution in [3.05, 3.63) is 18.1 Å². The number of nitrogen functional groups attached to an aromatic ring is 1. The first-order valence-corrected chi connectivity index (χ1v) is 7.72. The molecule has 5 N–H and O–H groups in total. The van der Waals surface area contributed by atoms with Gasteiger partial charge in [-0.15, -0.1) is 0 Å². The van der Waals surface area contributed by atoms with Crippen molar-refractivity contribution in [1.82, 2.24) is 19.7 Å². The number of aromatic nitrogens is 4. The Kier molecular flexibility index (Phi) is 4.63. The second-order valence-electron chi connectivity index (χ2n) is 6.02. The molecule has 1 unspecified atom stereocenters. The van der Waals surface area contributed by atoms with Crippen LogP contribution in [0.3, 0.4) is 0 Å². The van der Waals surface area contributed by atoms with Crippen LogP contribution in [-0.2, 0) is 14.3 Å². The van der Waals surface area contributed by atoms with Crippen LogP contribution in [0.15, 0.2) is 12.4 Å². The van der Waals surface area contributed by atoms with Crippen molar-refractivity contribution >= 4 is 28.9 Å². The number of nitrogens with two attached hydrogens (primary N) is 1. The number of aliphatic hydroxyl groups excluding tert-OH is 2. The molecule has 11 nitrogen and oxygen atoms in total. The minimum Gasteiger partial charge on any atom is -0.466 e. The molecular weight excluding hydrogens is 346 g/mol. The van der Waals surface area contributed by atoms with E-state index in [0.717, 1.165) is 6.08 Å². The highest BCUT2D eigenvalue weighted by Gasteiger charge is 2.53. The summed E-state index contributed by atoms with van der Waals surface area (Å²) in [7, 11) is 1.24. The van der Waals surface area contributed by atoms with E-state index in [1.54, 1.807) is 0 Å². The Morgan fingerprint density at radius 1 is 1.54 bits per heavy atom. The molecule has 26 heavy (non-hydrogen) atoms. The number of fused-ring (bicyclic) bond motifs is 1. The van der Waals surface area contributed by atoms with E-state index in [1.807, 2.05) is 0 Å². The van der Waals surface area contributed by atoms with E-state index in [0.29, 0.717) is 5.39 Å². The quantitative estimate of drug-likeness (QED) is 0.374. The molecule has 2 aromatic rings. The topological polar surface area (TPSA) is 166 Å². The van der Waals surface area contributed by atoms with Crippen molar-refractivity contribution in [2.75, 3.05) is 19.5 Å². The second kappa shape index (κ2) is 6.61. The fraction of sp³-hybridized carbons (Fsp3) is 0.467. The Hall–Kier alpha value is -2.60. The predicted octanol–water partition coefficient (Wildman–Crippen LogP) is -1.40. The Balaban J connectivity index is 2.14. The third kappa shape index (κ3) is 2.80. The van der Waals surface area contributed by atoms with E-state index < -0.39 is 36.6 Å². The van der Waals surface area contributed by atoms with Crippen molar-refractivity contribution in [2.45, 2.75) is 31.0 Å². The van der Waals surface area contributed by atoms with Gasteiger partial charge in [0.05, 0.1) is 24.8 Å². The minimum absolute atomic E-state index is 0.114. The number of nitrogens with zero attached hydrogens (tertiary/aromatic N) is 4. The van der Waals surface area contributed by atoms with Gasteiger partial charge >= 0.3 is 5.97 Å². The highest BCUT2D eigenvalue weighted by Crippen LogP contribution is 2.39. The van der Waals surface area contributed by atoms with Crippen LogP contribution in [0.1, 0.15) is 18.8 Å². The van der Waals surface area contributed by atoms with Crippen LogP contribution in [0, 0.1) is 0 Å². The zero-order valence-corrected chi connectivity index (χ0v) is 14.1. The molecule has 2 aromatic heterocycles. The Bertz CT molecular complexity index is 864. The highest BCUT2D eigenvalue weighted by molar-refractivity contribution is 5.96. The molecule has 3 heterocycles. The van der Waals surface area contributed by atoms with Crippen LogP contribution < -0.4 is 5.73 Å². The summed E-state index contributed by atoms with van der Waals surface area (Å²) in [6.45, 7) is 0.874. The van der Waals surface area contributed by atoms with Crippen molar-refractivity contribution < 1.29 is 29.6 Å². The van der Waals surface area contributed by atoms with Gasteiger partial charge in [0.15, 0.2) is 11.9 Å². The number of hydrogen-bond acceptors (Lipinski definition) is 10. The lowest BCUT2D eigenvalue weighted by molar-refractivity contribution is -0.134. The Morgan fingerprint density at radius 3 is 2.88 bits per heavy atom. The molecule has 0 saturated carbocycles. The maximum atomic E-state index is 11.4. The van der Waals surface area contributed by atoms with Crippen LogP contribution in [0.2, 0.25) is 0 Å². The smallest absolute Gasteiger partial charge is 0.330 e. The summed E-state index contributed by atoms with van der Waals surface area (Å²) in [5.74, 6) is -0.481. The van der Waals surface area contributed by atoms with Crippen LogP contribution >= 0.6 is 0 Å². The van der Waals surface area contributed by atoms with E-state index in [1.165, 1.54) is 31.1 Å². The van der Waals surface area contributed by atoms with Crippen LogP contribution in [0.5, 0.6) is 0 Å².